The predicted molar refractivity (Wildman–Crippen MR) is 127 cm³/mol. The van der Waals surface area contributed by atoms with Crippen LogP contribution in [0.15, 0.2) is 90.5 Å². The minimum absolute atomic E-state index is 0. The van der Waals surface area contributed by atoms with Crippen LogP contribution in [0.5, 0.6) is 11.6 Å². The summed E-state index contributed by atoms with van der Waals surface area (Å²) >= 11 is 0. The molecular weight excluding hydrogens is 472 g/mol. The van der Waals surface area contributed by atoms with Crippen LogP contribution in [0.3, 0.4) is 0 Å². The zero-order valence-corrected chi connectivity index (χ0v) is 22.1. The Morgan fingerprint density at radius 1 is 1.08 bits per heavy atom. The van der Waals surface area contributed by atoms with E-state index in [2.05, 4.69) is 10.1 Å². The average molecular weight is 495 g/mol. The first-order chi connectivity index (χ1) is 17.0. The van der Waals surface area contributed by atoms with E-state index in [9.17, 15) is 14.3 Å². The molecule has 0 saturated carbocycles. The van der Waals surface area contributed by atoms with Gasteiger partial charge in [0.05, 0.1) is 12.5 Å². The summed E-state index contributed by atoms with van der Waals surface area (Å²) in [6.07, 6.45) is 5.20. The normalized spacial score (nSPS) is 11.0. The SMILES string of the molecule is CCO/N=C(\Cn1cc(Cc2ccc(F)cc2)c(C(=O)[O-])c1)c1cccc(Oc2ccccn2)c1.[Na+]. The number of pyridine rings is 1. The third-order valence-electron chi connectivity index (χ3n) is 5.15. The number of carboxylic acid groups (broad SMARTS) is 1. The Labute approximate surface area is 230 Å². The van der Waals surface area contributed by atoms with Crippen molar-refractivity contribution in [3.63, 3.8) is 0 Å². The van der Waals surface area contributed by atoms with Gasteiger partial charge in [-0.15, -0.1) is 0 Å². The van der Waals surface area contributed by atoms with Crippen molar-refractivity contribution in [2.45, 2.75) is 19.9 Å². The second-order valence-electron chi connectivity index (χ2n) is 7.71. The number of aromatic carboxylic acids is 1. The zero-order chi connectivity index (χ0) is 24.6. The number of hydrogen-bond acceptors (Lipinski definition) is 6. The topological polar surface area (TPSA) is 88.8 Å². The summed E-state index contributed by atoms with van der Waals surface area (Å²) in [6, 6.07) is 18.7. The quantitative estimate of drug-likeness (QED) is 0.188. The third kappa shape index (κ3) is 7.27. The predicted octanol–water partition coefficient (Wildman–Crippen LogP) is 1.21. The molecule has 0 amide bonds. The molecule has 0 aliphatic heterocycles. The molecular formula is C27H23FN3NaO4. The van der Waals surface area contributed by atoms with Gasteiger partial charge < -0.3 is 24.0 Å². The largest absolute Gasteiger partial charge is 1.00 e. The molecule has 9 heteroatoms. The summed E-state index contributed by atoms with van der Waals surface area (Å²) in [6.45, 7) is 2.45. The number of nitrogens with zero attached hydrogens (tertiary/aromatic N) is 3. The van der Waals surface area contributed by atoms with E-state index in [1.165, 1.54) is 18.3 Å². The molecule has 178 valence electrons. The maximum absolute atomic E-state index is 13.2. The van der Waals surface area contributed by atoms with Gasteiger partial charge in [0.15, 0.2) is 0 Å². The number of halogens is 1. The van der Waals surface area contributed by atoms with Crippen molar-refractivity contribution in [1.82, 2.24) is 9.55 Å². The average Bonchev–Trinajstić information content (AvgIpc) is 3.26. The first kappa shape index (κ1) is 27.1. The smallest absolute Gasteiger partial charge is 0.545 e. The number of carbonyl (C=O) groups is 1. The summed E-state index contributed by atoms with van der Waals surface area (Å²) in [5.41, 5.74) is 2.73. The molecule has 0 unspecified atom stereocenters. The van der Waals surface area contributed by atoms with Gasteiger partial charge in [-0.05, 0) is 54.8 Å². The van der Waals surface area contributed by atoms with Crippen molar-refractivity contribution >= 4 is 11.7 Å². The maximum Gasteiger partial charge on any atom is 1.00 e. The van der Waals surface area contributed by atoms with Gasteiger partial charge in [0.1, 0.15) is 23.9 Å². The number of hydrogen-bond donors (Lipinski definition) is 0. The molecule has 7 nitrogen and oxygen atoms in total. The molecule has 0 atom stereocenters. The molecule has 0 spiro atoms. The van der Waals surface area contributed by atoms with Crippen LogP contribution in [0.4, 0.5) is 4.39 Å². The van der Waals surface area contributed by atoms with Crippen molar-refractivity contribution in [2.75, 3.05) is 6.61 Å². The summed E-state index contributed by atoms with van der Waals surface area (Å²) in [5, 5.41) is 16.0. The summed E-state index contributed by atoms with van der Waals surface area (Å²) < 4.78 is 20.8. The van der Waals surface area contributed by atoms with Crippen molar-refractivity contribution in [1.29, 1.82) is 0 Å². The Morgan fingerprint density at radius 3 is 2.58 bits per heavy atom. The number of oxime groups is 1. The summed E-state index contributed by atoms with van der Waals surface area (Å²) in [5.74, 6) is -0.597. The first-order valence-electron chi connectivity index (χ1n) is 11.0. The minimum Gasteiger partial charge on any atom is -0.545 e. The van der Waals surface area contributed by atoms with E-state index in [-0.39, 0.29) is 47.5 Å². The molecule has 0 aliphatic rings. The van der Waals surface area contributed by atoms with Crippen LogP contribution in [-0.2, 0) is 17.8 Å². The second-order valence-corrected chi connectivity index (χ2v) is 7.71. The molecule has 36 heavy (non-hydrogen) atoms. The number of aromatic nitrogens is 2. The van der Waals surface area contributed by atoms with E-state index in [1.54, 1.807) is 47.3 Å². The van der Waals surface area contributed by atoms with E-state index in [0.29, 0.717) is 35.9 Å². The van der Waals surface area contributed by atoms with Gasteiger partial charge in [-0.2, -0.15) is 0 Å². The number of rotatable bonds is 10. The van der Waals surface area contributed by atoms with Gasteiger partial charge >= 0.3 is 29.6 Å². The van der Waals surface area contributed by atoms with E-state index >= 15 is 0 Å². The molecule has 0 saturated heterocycles. The van der Waals surface area contributed by atoms with Gasteiger partial charge in [-0.3, -0.25) is 0 Å². The number of benzene rings is 2. The van der Waals surface area contributed by atoms with Crippen LogP contribution in [0, 0.1) is 5.82 Å². The Hall–Kier alpha value is -3.46. The molecule has 0 fully saturated rings. The van der Waals surface area contributed by atoms with Gasteiger partial charge in [0, 0.05) is 35.8 Å². The number of carbonyl (C=O) groups excluding carboxylic acids is 1. The fraction of sp³-hybridized carbons (Fsp3) is 0.148. The monoisotopic (exact) mass is 495 g/mol. The summed E-state index contributed by atoms with van der Waals surface area (Å²) in [7, 11) is 0. The molecule has 4 aromatic rings. The van der Waals surface area contributed by atoms with Crippen LogP contribution >= 0.6 is 0 Å². The van der Waals surface area contributed by atoms with Crippen LogP contribution < -0.4 is 39.4 Å². The van der Waals surface area contributed by atoms with Crippen molar-refractivity contribution in [3.05, 3.63) is 113 Å². The second kappa shape index (κ2) is 13.0. The number of ether oxygens (including phenoxy) is 1. The first-order valence-corrected chi connectivity index (χ1v) is 11.0. The van der Waals surface area contributed by atoms with Crippen LogP contribution in [0.1, 0.15) is 34.0 Å². The van der Waals surface area contributed by atoms with E-state index in [4.69, 9.17) is 9.57 Å². The fourth-order valence-corrected chi connectivity index (χ4v) is 3.55. The Bertz CT molecular complexity index is 1320. The van der Waals surface area contributed by atoms with E-state index < -0.39 is 5.97 Å². The third-order valence-corrected chi connectivity index (χ3v) is 5.15. The summed E-state index contributed by atoms with van der Waals surface area (Å²) in [4.78, 5) is 21.3. The Kier molecular flexibility index (Phi) is 9.81. The molecule has 4 rings (SSSR count). The molecule has 0 aliphatic carbocycles. The Morgan fingerprint density at radius 2 is 1.89 bits per heavy atom. The molecule has 2 aromatic carbocycles. The van der Waals surface area contributed by atoms with Gasteiger partial charge in [-0.25, -0.2) is 9.37 Å². The molecule has 0 N–H and O–H groups in total. The van der Waals surface area contributed by atoms with Gasteiger partial charge in [0.2, 0.25) is 5.88 Å². The maximum atomic E-state index is 13.2. The minimum atomic E-state index is -1.28. The van der Waals surface area contributed by atoms with Gasteiger partial charge in [0.25, 0.3) is 0 Å². The van der Waals surface area contributed by atoms with Crippen molar-refractivity contribution < 1.29 is 53.4 Å². The molecule has 2 heterocycles. The number of carboxylic acids is 1. The standard InChI is InChI=1S/C27H24FN3O4.Na/c1-2-34-30-25(20-6-5-7-23(15-20)35-26-8-3-4-13-29-26)18-31-16-21(24(17-31)27(32)33)14-19-9-11-22(28)12-10-19;/h3-13,15-17H,2,14,18H2,1H3,(H,32,33);/q;+1/p-1/b30-25+;. The van der Waals surface area contributed by atoms with Gasteiger partial charge in [-0.1, -0.05) is 35.5 Å². The Balaban J connectivity index is 0.00000361. The fourth-order valence-electron chi connectivity index (χ4n) is 3.55. The molecule has 2 aromatic heterocycles. The van der Waals surface area contributed by atoms with Crippen LogP contribution in [0.25, 0.3) is 0 Å². The van der Waals surface area contributed by atoms with E-state index in [0.717, 1.165) is 11.1 Å². The van der Waals surface area contributed by atoms with Crippen molar-refractivity contribution in [3.8, 4) is 11.6 Å². The molecule has 0 radical (unpaired) electrons. The van der Waals surface area contributed by atoms with Crippen molar-refractivity contribution in [2.24, 2.45) is 5.16 Å². The van der Waals surface area contributed by atoms with Crippen LogP contribution in [0.2, 0.25) is 0 Å². The zero-order valence-electron chi connectivity index (χ0n) is 20.1. The van der Waals surface area contributed by atoms with E-state index in [1.807, 2.05) is 31.2 Å². The molecule has 0 bridgehead atoms. The van der Waals surface area contributed by atoms with Crippen LogP contribution in [-0.4, -0.2) is 27.8 Å².